The lowest BCUT2D eigenvalue weighted by Gasteiger charge is -2.52. The van der Waals surface area contributed by atoms with Crippen molar-refractivity contribution >= 4 is 0 Å². The van der Waals surface area contributed by atoms with Crippen LogP contribution in [0.5, 0.6) is 0 Å². The van der Waals surface area contributed by atoms with Gasteiger partial charge in [0.05, 0.1) is 5.60 Å². The molecule has 0 heterocycles. The van der Waals surface area contributed by atoms with E-state index in [2.05, 4.69) is 24.3 Å². The topological polar surface area (TPSA) is 20.2 Å². The molecule has 3 rings (SSSR count). The zero-order chi connectivity index (χ0) is 13.3. The molecule has 0 bridgehead atoms. The maximum absolute atomic E-state index is 11.2. The smallest absolute Gasteiger partial charge is 0.0964 e. The fraction of sp³-hybridized carbons (Fsp3) is 0.333. The molecule has 0 aromatic heterocycles. The van der Waals surface area contributed by atoms with Gasteiger partial charge >= 0.3 is 0 Å². The highest BCUT2D eigenvalue weighted by molar-refractivity contribution is 5.37. The Morgan fingerprint density at radius 3 is 1.89 bits per heavy atom. The lowest BCUT2D eigenvalue weighted by atomic mass is 9.54. The van der Waals surface area contributed by atoms with Crippen molar-refractivity contribution < 1.29 is 5.11 Å². The molecule has 1 saturated carbocycles. The molecule has 19 heavy (non-hydrogen) atoms. The molecule has 0 amide bonds. The third kappa shape index (κ3) is 1.81. The minimum atomic E-state index is -0.812. The summed E-state index contributed by atoms with van der Waals surface area (Å²) in [6.07, 6.45) is 3.30. The third-order valence-corrected chi connectivity index (χ3v) is 4.80. The largest absolute Gasteiger partial charge is 0.385 e. The molecule has 0 saturated heterocycles. The molecule has 0 radical (unpaired) electrons. The highest BCUT2D eigenvalue weighted by Crippen LogP contribution is 2.55. The minimum absolute atomic E-state index is 0.129. The standard InChI is InChI=1S/C18H20O/c1-17(19,15-9-4-2-5-10-15)18(13-8-14-18)16-11-6-3-7-12-16/h2-7,9-12,19H,8,13-14H2,1H3. The molecule has 2 aromatic carbocycles. The summed E-state index contributed by atoms with van der Waals surface area (Å²) >= 11 is 0. The minimum Gasteiger partial charge on any atom is -0.385 e. The number of rotatable bonds is 3. The van der Waals surface area contributed by atoms with Crippen molar-refractivity contribution in [2.75, 3.05) is 0 Å². The van der Waals surface area contributed by atoms with Crippen molar-refractivity contribution in [3.63, 3.8) is 0 Å². The first-order chi connectivity index (χ1) is 9.17. The average molecular weight is 252 g/mol. The van der Waals surface area contributed by atoms with Crippen LogP contribution in [0.1, 0.15) is 37.3 Å². The van der Waals surface area contributed by atoms with Gasteiger partial charge in [-0.25, -0.2) is 0 Å². The third-order valence-electron chi connectivity index (χ3n) is 4.80. The lowest BCUT2D eigenvalue weighted by molar-refractivity contribution is -0.0687. The monoisotopic (exact) mass is 252 g/mol. The number of benzene rings is 2. The molecule has 0 aliphatic heterocycles. The van der Waals surface area contributed by atoms with Crippen molar-refractivity contribution in [1.29, 1.82) is 0 Å². The van der Waals surface area contributed by atoms with E-state index in [1.54, 1.807) is 0 Å². The van der Waals surface area contributed by atoms with E-state index in [1.807, 2.05) is 43.3 Å². The predicted molar refractivity (Wildman–Crippen MR) is 78.0 cm³/mol. The molecule has 1 heteroatoms. The zero-order valence-corrected chi connectivity index (χ0v) is 11.3. The van der Waals surface area contributed by atoms with E-state index in [-0.39, 0.29) is 5.41 Å². The van der Waals surface area contributed by atoms with E-state index in [0.717, 1.165) is 18.4 Å². The van der Waals surface area contributed by atoms with Gasteiger partial charge in [0.15, 0.2) is 0 Å². The second kappa shape index (κ2) is 4.50. The van der Waals surface area contributed by atoms with Crippen LogP contribution in [-0.4, -0.2) is 5.11 Å². The Labute approximate surface area is 114 Å². The van der Waals surface area contributed by atoms with Crippen LogP contribution in [0.3, 0.4) is 0 Å². The number of hydrogen-bond donors (Lipinski definition) is 1. The summed E-state index contributed by atoms with van der Waals surface area (Å²) in [5.74, 6) is 0. The average Bonchev–Trinajstić information content (AvgIpc) is 2.39. The van der Waals surface area contributed by atoms with Crippen LogP contribution in [0.25, 0.3) is 0 Å². The Hall–Kier alpha value is -1.60. The maximum Gasteiger partial charge on any atom is 0.0964 e. The Kier molecular flexibility index (Phi) is 2.94. The maximum atomic E-state index is 11.2. The molecule has 1 aliphatic rings. The van der Waals surface area contributed by atoms with E-state index in [0.29, 0.717) is 0 Å². The van der Waals surface area contributed by atoms with Crippen molar-refractivity contribution in [2.45, 2.75) is 37.2 Å². The van der Waals surface area contributed by atoms with E-state index in [9.17, 15) is 5.11 Å². The van der Waals surface area contributed by atoms with Gasteiger partial charge in [-0.2, -0.15) is 0 Å². The summed E-state index contributed by atoms with van der Waals surface area (Å²) in [6.45, 7) is 1.97. The van der Waals surface area contributed by atoms with Crippen molar-refractivity contribution in [1.82, 2.24) is 0 Å². The number of hydrogen-bond acceptors (Lipinski definition) is 1. The summed E-state index contributed by atoms with van der Waals surface area (Å²) in [5, 5.41) is 11.2. The molecule has 1 fully saturated rings. The molecule has 2 aromatic rings. The summed E-state index contributed by atoms with van der Waals surface area (Å²) in [7, 11) is 0. The summed E-state index contributed by atoms with van der Waals surface area (Å²) in [4.78, 5) is 0. The van der Waals surface area contributed by atoms with E-state index >= 15 is 0 Å². The van der Waals surface area contributed by atoms with Gasteiger partial charge in [0.25, 0.3) is 0 Å². The van der Waals surface area contributed by atoms with E-state index in [1.165, 1.54) is 12.0 Å². The van der Waals surface area contributed by atoms with Crippen LogP contribution in [0.4, 0.5) is 0 Å². The van der Waals surface area contributed by atoms with Crippen LogP contribution in [0.15, 0.2) is 60.7 Å². The van der Waals surface area contributed by atoms with Gasteiger partial charge < -0.3 is 5.11 Å². The first kappa shape index (κ1) is 12.4. The SMILES string of the molecule is CC(O)(c1ccccc1)C1(c2ccccc2)CCC1. The normalized spacial score (nSPS) is 20.3. The van der Waals surface area contributed by atoms with Gasteiger partial charge in [-0.05, 0) is 30.9 Å². The molecule has 1 atom stereocenters. The Bertz CT molecular complexity index is 538. The molecule has 1 unspecified atom stereocenters. The van der Waals surface area contributed by atoms with Gasteiger partial charge in [-0.3, -0.25) is 0 Å². The first-order valence-electron chi connectivity index (χ1n) is 7.00. The second-order valence-corrected chi connectivity index (χ2v) is 5.74. The highest BCUT2D eigenvalue weighted by Gasteiger charge is 2.52. The van der Waals surface area contributed by atoms with Gasteiger partial charge in [-0.1, -0.05) is 67.1 Å². The molecular formula is C18H20O. The van der Waals surface area contributed by atoms with Gasteiger partial charge in [0.1, 0.15) is 0 Å². The molecule has 98 valence electrons. The predicted octanol–water partition coefficient (Wildman–Crippen LogP) is 4.02. The Morgan fingerprint density at radius 2 is 1.42 bits per heavy atom. The lowest BCUT2D eigenvalue weighted by Crippen LogP contribution is -2.52. The quantitative estimate of drug-likeness (QED) is 0.875. The zero-order valence-electron chi connectivity index (χ0n) is 11.3. The van der Waals surface area contributed by atoms with Crippen LogP contribution >= 0.6 is 0 Å². The molecular weight excluding hydrogens is 232 g/mol. The van der Waals surface area contributed by atoms with Crippen molar-refractivity contribution in [3.05, 3.63) is 71.8 Å². The molecule has 1 N–H and O–H groups in total. The summed E-state index contributed by atoms with van der Waals surface area (Å²) in [6, 6.07) is 20.5. The van der Waals surface area contributed by atoms with Crippen LogP contribution in [0, 0.1) is 0 Å². The summed E-state index contributed by atoms with van der Waals surface area (Å²) in [5.41, 5.74) is 1.33. The van der Waals surface area contributed by atoms with Crippen LogP contribution < -0.4 is 0 Å². The highest BCUT2D eigenvalue weighted by atomic mass is 16.3. The summed E-state index contributed by atoms with van der Waals surface area (Å²) < 4.78 is 0. The van der Waals surface area contributed by atoms with Gasteiger partial charge in [0.2, 0.25) is 0 Å². The van der Waals surface area contributed by atoms with Crippen LogP contribution in [0.2, 0.25) is 0 Å². The molecule has 0 spiro atoms. The second-order valence-electron chi connectivity index (χ2n) is 5.74. The molecule has 1 nitrogen and oxygen atoms in total. The molecule has 1 aliphatic carbocycles. The van der Waals surface area contributed by atoms with E-state index < -0.39 is 5.60 Å². The van der Waals surface area contributed by atoms with E-state index in [4.69, 9.17) is 0 Å². The first-order valence-corrected chi connectivity index (χ1v) is 7.00. The van der Waals surface area contributed by atoms with Crippen molar-refractivity contribution in [3.8, 4) is 0 Å². The van der Waals surface area contributed by atoms with Crippen LogP contribution in [-0.2, 0) is 11.0 Å². The fourth-order valence-corrected chi connectivity index (χ4v) is 3.38. The Balaban J connectivity index is 2.08. The van der Waals surface area contributed by atoms with Crippen molar-refractivity contribution in [2.24, 2.45) is 0 Å². The van der Waals surface area contributed by atoms with Gasteiger partial charge in [-0.15, -0.1) is 0 Å². The Morgan fingerprint density at radius 1 is 0.895 bits per heavy atom. The number of aliphatic hydroxyl groups is 1. The fourth-order valence-electron chi connectivity index (χ4n) is 3.38. The van der Waals surface area contributed by atoms with Gasteiger partial charge in [0, 0.05) is 5.41 Å².